The van der Waals surface area contributed by atoms with Crippen LogP contribution in [0.4, 0.5) is 0 Å². The Morgan fingerprint density at radius 2 is 1.95 bits per heavy atom. The summed E-state index contributed by atoms with van der Waals surface area (Å²) < 4.78 is 9.15. The molecule has 1 N–H and O–H groups in total. The SMILES string of the molecule is C=C(C=C(C)C)CNC(=O)c1cn(CCCN2CCC(c3nc4ccccc4s3)CC2)c2c(OC)cccc12. The lowest BCUT2D eigenvalue weighted by molar-refractivity contribution is 0.0958. The Kier molecular flexibility index (Phi) is 8.48. The van der Waals surface area contributed by atoms with Crippen LogP contribution in [0.1, 0.15) is 54.4 Å². The van der Waals surface area contributed by atoms with Gasteiger partial charge in [0.2, 0.25) is 0 Å². The van der Waals surface area contributed by atoms with Gasteiger partial charge in [0.25, 0.3) is 5.91 Å². The van der Waals surface area contributed by atoms with Crippen molar-refractivity contribution < 1.29 is 9.53 Å². The van der Waals surface area contributed by atoms with Crippen molar-refractivity contribution in [2.24, 2.45) is 0 Å². The number of carbonyl (C=O) groups excluding carboxylic acids is 1. The zero-order chi connectivity index (χ0) is 27.4. The highest BCUT2D eigenvalue weighted by Gasteiger charge is 2.23. The lowest BCUT2D eigenvalue weighted by Crippen LogP contribution is -2.34. The molecule has 6 nitrogen and oxygen atoms in total. The molecule has 4 aromatic rings. The number of hydrogen-bond acceptors (Lipinski definition) is 5. The molecule has 1 fully saturated rings. The van der Waals surface area contributed by atoms with Gasteiger partial charge in [0.15, 0.2) is 0 Å². The van der Waals surface area contributed by atoms with Crippen molar-refractivity contribution in [3.05, 3.63) is 83.0 Å². The van der Waals surface area contributed by atoms with E-state index in [0.29, 0.717) is 18.0 Å². The number of methoxy groups -OCH3 is 1. The minimum Gasteiger partial charge on any atom is -0.495 e. The number of carbonyl (C=O) groups is 1. The number of amides is 1. The van der Waals surface area contributed by atoms with Gasteiger partial charge in [0.1, 0.15) is 5.75 Å². The largest absolute Gasteiger partial charge is 0.495 e. The summed E-state index contributed by atoms with van der Waals surface area (Å²) in [4.78, 5) is 20.6. The fourth-order valence-electron chi connectivity index (χ4n) is 5.53. The first-order valence-corrected chi connectivity index (χ1v) is 14.6. The first kappa shape index (κ1) is 27.2. The molecule has 0 unspecified atom stereocenters. The maximum atomic E-state index is 13.1. The number of thiazole rings is 1. The third kappa shape index (κ3) is 6.26. The Balaban J connectivity index is 1.21. The Morgan fingerprint density at radius 1 is 1.15 bits per heavy atom. The lowest BCUT2D eigenvalue weighted by Gasteiger charge is -2.31. The molecule has 0 atom stereocenters. The molecule has 1 aliphatic rings. The van der Waals surface area contributed by atoms with Crippen molar-refractivity contribution in [2.45, 2.75) is 45.6 Å². The van der Waals surface area contributed by atoms with E-state index in [2.05, 4.69) is 45.6 Å². The van der Waals surface area contributed by atoms with E-state index < -0.39 is 0 Å². The third-order valence-corrected chi connectivity index (χ3v) is 8.61. The van der Waals surface area contributed by atoms with Crippen LogP contribution in [0.3, 0.4) is 0 Å². The number of piperidine rings is 1. The maximum Gasteiger partial charge on any atom is 0.253 e. The average Bonchev–Trinajstić information content (AvgIpc) is 3.54. The first-order chi connectivity index (χ1) is 18.9. The summed E-state index contributed by atoms with van der Waals surface area (Å²) in [5, 5.41) is 5.23. The van der Waals surface area contributed by atoms with Crippen LogP contribution in [0.5, 0.6) is 5.75 Å². The quantitative estimate of drug-likeness (QED) is 0.224. The first-order valence-electron chi connectivity index (χ1n) is 13.8. The van der Waals surface area contributed by atoms with Crippen LogP contribution < -0.4 is 10.1 Å². The molecule has 1 saturated heterocycles. The van der Waals surface area contributed by atoms with Crippen LogP contribution in [0, 0.1) is 0 Å². The summed E-state index contributed by atoms with van der Waals surface area (Å²) >= 11 is 1.85. The van der Waals surface area contributed by atoms with E-state index in [4.69, 9.17) is 9.72 Å². The molecule has 0 spiro atoms. The molecular formula is C32H38N4O2S. The molecule has 1 aliphatic heterocycles. The van der Waals surface area contributed by atoms with E-state index in [0.717, 1.165) is 78.8 Å². The molecular weight excluding hydrogens is 504 g/mol. The molecule has 0 saturated carbocycles. The van der Waals surface area contributed by atoms with E-state index in [9.17, 15) is 4.79 Å². The van der Waals surface area contributed by atoms with Crippen molar-refractivity contribution >= 4 is 38.4 Å². The van der Waals surface area contributed by atoms with Crippen LogP contribution in [0.15, 0.2) is 72.5 Å². The van der Waals surface area contributed by atoms with E-state index in [-0.39, 0.29) is 5.91 Å². The fraction of sp³-hybridized carbons (Fsp3) is 0.375. The van der Waals surface area contributed by atoms with Crippen LogP contribution in [-0.2, 0) is 6.54 Å². The van der Waals surface area contributed by atoms with E-state index in [1.165, 1.54) is 9.71 Å². The van der Waals surface area contributed by atoms with E-state index in [1.54, 1.807) is 7.11 Å². The highest BCUT2D eigenvalue weighted by atomic mass is 32.1. The number of fused-ring (bicyclic) bond motifs is 2. The number of ether oxygens (including phenoxy) is 1. The van der Waals surface area contributed by atoms with Crippen LogP contribution in [-0.4, -0.2) is 53.6 Å². The Labute approximate surface area is 235 Å². The van der Waals surface area contributed by atoms with Gasteiger partial charge in [0.05, 0.1) is 33.4 Å². The van der Waals surface area contributed by atoms with Crippen molar-refractivity contribution in [3.8, 4) is 5.75 Å². The Morgan fingerprint density at radius 3 is 2.69 bits per heavy atom. The summed E-state index contributed by atoms with van der Waals surface area (Å²) in [5.41, 5.74) is 4.82. The minimum atomic E-state index is -0.0905. The van der Waals surface area contributed by atoms with Crippen molar-refractivity contribution in [1.29, 1.82) is 0 Å². The highest BCUT2D eigenvalue weighted by molar-refractivity contribution is 7.18. The molecule has 3 heterocycles. The molecule has 7 heteroatoms. The number of allylic oxidation sites excluding steroid dienone is 1. The van der Waals surface area contributed by atoms with Gasteiger partial charge in [-0.1, -0.05) is 42.5 Å². The lowest BCUT2D eigenvalue weighted by atomic mass is 9.97. The fourth-order valence-corrected chi connectivity index (χ4v) is 6.67. The second-order valence-corrected chi connectivity index (χ2v) is 11.7. The van der Waals surface area contributed by atoms with Crippen molar-refractivity contribution in [3.63, 3.8) is 0 Å². The van der Waals surface area contributed by atoms with Gasteiger partial charge in [-0.05, 0) is 76.5 Å². The molecule has 204 valence electrons. The van der Waals surface area contributed by atoms with Gasteiger partial charge < -0.3 is 19.5 Å². The summed E-state index contributed by atoms with van der Waals surface area (Å²) in [6, 6.07) is 14.3. The molecule has 5 rings (SSSR count). The van der Waals surface area contributed by atoms with Gasteiger partial charge >= 0.3 is 0 Å². The average molecular weight is 543 g/mol. The summed E-state index contributed by atoms with van der Waals surface area (Å²) in [5.74, 6) is 1.26. The Hall–Kier alpha value is -3.42. The number of nitrogens with zero attached hydrogens (tertiary/aromatic N) is 3. The monoisotopic (exact) mass is 542 g/mol. The molecule has 2 aromatic heterocycles. The van der Waals surface area contributed by atoms with Gasteiger partial charge in [0, 0.05) is 30.6 Å². The predicted octanol–water partition coefficient (Wildman–Crippen LogP) is 6.78. The number of rotatable bonds is 10. The van der Waals surface area contributed by atoms with Crippen LogP contribution in [0.2, 0.25) is 0 Å². The zero-order valence-corrected chi connectivity index (χ0v) is 24.0. The smallest absolute Gasteiger partial charge is 0.253 e. The maximum absolute atomic E-state index is 13.1. The zero-order valence-electron chi connectivity index (χ0n) is 23.2. The molecule has 1 amide bonds. The minimum absolute atomic E-state index is 0.0905. The normalized spacial score (nSPS) is 14.5. The molecule has 2 aromatic carbocycles. The number of nitrogens with one attached hydrogen (secondary N) is 1. The number of para-hydroxylation sites is 2. The summed E-state index contributed by atoms with van der Waals surface area (Å²) in [7, 11) is 1.69. The molecule has 39 heavy (non-hydrogen) atoms. The molecule has 0 bridgehead atoms. The molecule has 0 radical (unpaired) electrons. The van der Waals surface area contributed by atoms with Crippen molar-refractivity contribution in [1.82, 2.24) is 19.8 Å². The van der Waals surface area contributed by atoms with Gasteiger partial charge in [-0.25, -0.2) is 4.98 Å². The van der Waals surface area contributed by atoms with Gasteiger partial charge in [-0.15, -0.1) is 11.3 Å². The number of aryl methyl sites for hydroxylation is 1. The highest BCUT2D eigenvalue weighted by Crippen LogP contribution is 2.34. The van der Waals surface area contributed by atoms with E-state index in [1.807, 2.05) is 55.7 Å². The number of aromatic nitrogens is 2. The third-order valence-electron chi connectivity index (χ3n) is 7.42. The number of hydrogen-bond donors (Lipinski definition) is 1. The number of benzene rings is 2. The topological polar surface area (TPSA) is 59.4 Å². The summed E-state index contributed by atoms with van der Waals surface area (Å²) in [6.45, 7) is 12.6. The summed E-state index contributed by atoms with van der Waals surface area (Å²) in [6.07, 6.45) is 7.29. The standard InChI is InChI=1S/C32H38N4O2S/c1-22(2)19-23(3)20-33-31(37)26-21-36(30-25(26)9-7-11-28(30)38-4)16-8-15-35-17-13-24(14-18-35)32-34-27-10-5-6-12-29(27)39-32/h5-7,9-12,19,21,24H,3,8,13-18,20H2,1-2,4H3,(H,33,37). The van der Waals surface area contributed by atoms with E-state index >= 15 is 0 Å². The predicted molar refractivity (Wildman–Crippen MR) is 162 cm³/mol. The number of likely N-dealkylation sites (tertiary alicyclic amines) is 1. The van der Waals surface area contributed by atoms with Crippen molar-refractivity contribution in [2.75, 3.05) is 33.3 Å². The van der Waals surface area contributed by atoms with Crippen LogP contribution >= 0.6 is 11.3 Å². The molecule has 0 aliphatic carbocycles. The van der Waals surface area contributed by atoms with Gasteiger partial charge in [-0.2, -0.15) is 0 Å². The Bertz CT molecular complexity index is 1470. The van der Waals surface area contributed by atoms with Crippen LogP contribution in [0.25, 0.3) is 21.1 Å². The van der Waals surface area contributed by atoms with Gasteiger partial charge in [-0.3, -0.25) is 4.79 Å². The second-order valence-electron chi connectivity index (χ2n) is 10.6. The second kappa shape index (κ2) is 12.2.